The first-order valence-corrected chi connectivity index (χ1v) is 6.09. The van der Waals surface area contributed by atoms with Crippen molar-refractivity contribution in [2.24, 2.45) is 4.40 Å². The summed E-state index contributed by atoms with van der Waals surface area (Å²) in [4.78, 5) is 16.0. The Morgan fingerprint density at radius 1 is 1.62 bits per heavy atom. The highest BCUT2D eigenvalue weighted by Gasteiger charge is 2.17. The number of hydrogen-bond acceptors (Lipinski definition) is 7. The number of hydrogen-bond donors (Lipinski definition) is 1. The van der Waals surface area contributed by atoms with Crippen molar-refractivity contribution in [3.05, 3.63) is 27.3 Å². The first-order chi connectivity index (χ1) is 7.70. The van der Waals surface area contributed by atoms with Crippen LogP contribution in [0.5, 0.6) is 0 Å². The highest BCUT2D eigenvalue weighted by Crippen LogP contribution is 2.22. The van der Waals surface area contributed by atoms with Gasteiger partial charge in [0.2, 0.25) is 0 Å². The minimum Gasteiger partial charge on any atom is -0.464 e. The minimum atomic E-state index is -0.435. The molecule has 0 saturated carbocycles. The van der Waals surface area contributed by atoms with Crippen LogP contribution in [0, 0.1) is 0 Å². The van der Waals surface area contributed by atoms with Crippen molar-refractivity contribution >= 4 is 46.8 Å². The standard InChI is InChI=1S/C8H6ClN3O2S2/c1-14-7(13)5-2-4(11-16-12-5)6-3-10-8(9)15-6/h2-3,12H,1H3. The lowest BCUT2D eigenvalue weighted by molar-refractivity contribution is -0.136. The molecule has 2 heterocycles. The number of carbonyl (C=O) groups excluding carboxylic acids is 1. The van der Waals surface area contributed by atoms with Crippen molar-refractivity contribution in [2.45, 2.75) is 0 Å². The topological polar surface area (TPSA) is 63.6 Å². The zero-order valence-corrected chi connectivity index (χ0v) is 10.4. The van der Waals surface area contributed by atoms with Crippen LogP contribution in [-0.4, -0.2) is 23.8 Å². The molecule has 0 fully saturated rings. The van der Waals surface area contributed by atoms with E-state index in [9.17, 15) is 4.79 Å². The van der Waals surface area contributed by atoms with Crippen LogP contribution in [0.4, 0.5) is 0 Å². The number of allylic oxidation sites excluding steroid dienone is 1. The largest absolute Gasteiger partial charge is 0.464 e. The van der Waals surface area contributed by atoms with Crippen LogP contribution in [0.25, 0.3) is 0 Å². The molecule has 84 valence electrons. The van der Waals surface area contributed by atoms with Crippen molar-refractivity contribution in [2.75, 3.05) is 7.11 Å². The number of ether oxygens (including phenoxy) is 1. The molecule has 16 heavy (non-hydrogen) atoms. The Labute approximate surface area is 105 Å². The zero-order chi connectivity index (χ0) is 11.5. The molecule has 0 atom stereocenters. The molecule has 0 saturated heterocycles. The fourth-order valence-corrected chi connectivity index (χ4v) is 2.50. The van der Waals surface area contributed by atoms with E-state index < -0.39 is 5.97 Å². The second kappa shape index (κ2) is 4.86. The Morgan fingerprint density at radius 3 is 3.06 bits per heavy atom. The van der Waals surface area contributed by atoms with Crippen molar-refractivity contribution in [3.63, 3.8) is 0 Å². The third-order valence-corrected chi connectivity index (χ3v) is 3.45. The van der Waals surface area contributed by atoms with Gasteiger partial charge in [0.25, 0.3) is 0 Å². The molecule has 0 aliphatic carbocycles. The molecule has 8 heteroatoms. The maximum Gasteiger partial charge on any atom is 0.355 e. The van der Waals surface area contributed by atoms with Gasteiger partial charge in [-0.25, -0.2) is 9.78 Å². The van der Waals surface area contributed by atoms with Gasteiger partial charge in [-0.05, 0) is 6.08 Å². The Hall–Kier alpha value is -1.05. The SMILES string of the molecule is COC(=O)C1=CC(c2cnc(Cl)s2)=NSN1. The average Bonchev–Trinajstić information content (AvgIpc) is 2.75. The van der Waals surface area contributed by atoms with Crippen LogP contribution in [-0.2, 0) is 9.53 Å². The zero-order valence-electron chi connectivity index (χ0n) is 8.06. The first kappa shape index (κ1) is 11.4. The maximum absolute atomic E-state index is 11.3. The Morgan fingerprint density at radius 2 is 2.44 bits per heavy atom. The van der Waals surface area contributed by atoms with Gasteiger partial charge < -0.3 is 9.46 Å². The highest BCUT2D eigenvalue weighted by molar-refractivity contribution is 7.96. The van der Waals surface area contributed by atoms with E-state index in [-0.39, 0.29) is 0 Å². The van der Waals surface area contributed by atoms with Gasteiger partial charge in [-0.2, -0.15) is 4.40 Å². The van der Waals surface area contributed by atoms with E-state index in [2.05, 4.69) is 18.8 Å². The van der Waals surface area contributed by atoms with Crippen molar-refractivity contribution in [3.8, 4) is 0 Å². The van der Waals surface area contributed by atoms with E-state index in [1.54, 1.807) is 12.3 Å². The summed E-state index contributed by atoms with van der Waals surface area (Å²) in [5.74, 6) is -0.435. The van der Waals surface area contributed by atoms with Gasteiger partial charge in [-0.1, -0.05) is 11.6 Å². The van der Waals surface area contributed by atoms with Gasteiger partial charge in [0, 0.05) is 6.20 Å². The molecule has 0 unspecified atom stereocenters. The van der Waals surface area contributed by atoms with E-state index >= 15 is 0 Å². The number of thiazole rings is 1. The second-order valence-electron chi connectivity index (χ2n) is 2.70. The van der Waals surface area contributed by atoms with E-state index in [0.29, 0.717) is 15.9 Å². The highest BCUT2D eigenvalue weighted by atomic mass is 35.5. The number of nitrogens with zero attached hydrogens (tertiary/aromatic N) is 2. The lowest BCUT2D eigenvalue weighted by atomic mass is 10.2. The molecule has 2 rings (SSSR count). The average molecular weight is 276 g/mol. The van der Waals surface area contributed by atoms with E-state index in [1.807, 2.05) is 0 Å². The molecule has 1 aromatic heterocycles. The molecule has 0 amide bonds. The van der Waals surface area contributed by atoms with Crippen LogP contribution in [0.3, 0.4) is 0 Å². The molecule has 0 aromatic carbocycles. The van der Waals surface area contributed by atoms with Crippen LogP contribution >= 0.6 is 35.1 Å². The number of halogens is 1. The van der Waals surface area contributed by atoms with E-state index in [4.69, 9.17) is 11.6 Å². The fourth-order valence-electron chi connectivity index (χ4n) is 1.01. The van der Waals surface area contributed by atoms with Crippen LogP contribution in [0.15, 0.2) is 22.4 Å². The van der Waals surface area contributed by atoms with Crippen LogP contribution in [0.2, 0.25) is 4.47 Å². The summed E-state index contributed by atoms with van der Waals surface area (Å²) in [7, 11) is 1.32. The third-order valence-electron chi connectivity index (χ3n) is 1.72. The number of rotatable bonds is 2. The molecule has 0 bridgehead atoms. The van der Waals surface area contributed by atoms with Crippen molar-refractivity contribution < 1.29 is 9.53 Å². The molecule has 1 aliphatic rings. The fraction of sp³-hybridized carbons (Fsp3) is 0.125. The number of aromatic nitrogens is 1. The Balaban J connectivity index is 2.27. The molecular formula is C8H6ClN3O2S2. The molecule has 1 aromatic rings. The van der Waals surface area contributed by atoms with Crippen LogP contribution in [0.1, 0.15) is 4.88 Å². The third kappa shape index (κ3) is 2.37. The Kier molecular flexibility index (Phi) is 3.47. The number of esters is 1. The lowest BCUT2D eigenvalue weighted by Gasteiger charge is -2.10. The molecule has 0 radical (unpaired) electrons. The van der Waals surface area contributed by atoms with Crippen molar-refractivity contribution in [1.82, 2.24) is 9.71 Å². The second-order valence-corrected chi connectivity index (χ2v) is 4.88. The molecule has 1 N–H and O–H groups in total. The van der Waals surface area contributed by atoms with Crippen molar-refractivity contribution in [1.29, 1.82) is 0 Å². The first-order valence-electron chi connectivity index (χ1n) is 4.12. The van der Waals surface area contributed by atoms with E-state index in [1.165, 1.54) is 18.4 Å². The monoisotopic (exact) mass is 275 g/mol. The van der Waals surface area contributed by atoms with Gasteiger partial charge in [0.1, 0.15) is 5.70 Å². The quantitative estimate of drug-likeness (QED) is 0.659. The summed E-state index contributed by atoms with van der Waals surface area (Å²) in [5.41, 5.74) is 0.996. The molecule has 0 spiro atoms. The van der Waals surface area contributed by atoms with Gasteiger partial charge in [0.05, 0.1) is 29.8 Å². The van der Waals surface area contributed by atoms with Gasteiger partial charge in [0.15, 0.2) is 4.47 Å². The number of carbonyl (C=O) groups is 1. The van der Waals surface area contributed by atoms with Gasteiger partial charge in [-0.3, -0.25) is 0 Å². The Bertz CT molecular complexity index is 483. The lowest BCUT2D eigenvalue weighted by Crippen LogP contribution is -2.19. The maximum atomic E-state index is 11.3. The smallest absolute Gasteiger partial charge is 0.355 e. The summed E-state index contributed by atoms with van der Waals surface area (Å²) >= 11 is 8.09. The summed E-state index contributed by atoms with van der Waals surface area (Å²) in [6.07, 6.45) is 3.22. The normalized spacial score (nSPS) is 14.9. The predicted octanol–water partition coefficient (Wildman–Crippen LogP) is 1.81. The molecule has 5 nitrogen and oxygen atoms in total. The molecule has 1 aliphatic heterocycles. The number of methoxy groups -OCH3 is 1. The summed E-state index contributed by atoms with van der Waals surface area (Å²) in [6.45, 7) is 0. The van der Waals surface area contributed by atoms with Gasteiger partial charge in [-0.15, -0.1) is 11.3 Å². The summed E-state index contributed by atoms with van der Waals surface area (Å²) in [5, 5.41) is 0. The van der Waals surface area contributed by atoms with E-state index in [0.717, 1.165) is 17.0 Å². The minimum absolute atomic E-state index is 0.349. The summed E-state index contributed by atoms with van der Waals surface area (Å²) < 4.78 is 11.9. The van der Waals surface area contributed by atoms with Gasteiger partial charge >= 0.3 is 5.97 Å². The predicted molar refractivity (Wildman–Crippen MR) is 64.5 cm³/mol. The summed E-state index contributed by atoms with van der Waals surface area (Å²) in [6, 6.07) is 0. The molecular weight excluding hydrogens is 270 g/mol. The van der Waals surface area contributed by atoms with Crippen LogP contribution < -0.4 is 4.72 Å². The number of nitrogens with one attached hydrogen (secondary N) is 1.